The molecule has 1 aliphatic rings. The molecule has 0 saturated heterocycles. The van der Waals surface area contributed by atoms with Crippen LogP contribution in [-0.4, -0.2) is 11.1 Å². The molecule has 0 unspecified atom stereocenters. The zero-order chi connectivity index (χ0) is 8.39. The van der Waals surface area contributed by atoms with Crippen LogP contribution in [0.5, 0.6) is 0 Å². The van der Waals surface area contributed by atoms with Crippen molar-refractivity contribution in [2.75, 3.05) is 0 Å². The van der Waals surface area contributed by atoms with Crippen LogP contribution >= 0.6 is 11.3 Å². The third-order valence-corrected chi connectivity index (χ3v) is 3.18. The van der Waals surface area contributed by atoms with E-state index in [1.54, 1.807) is 6.20 Å². The summed E-state index contributed by atoms with van der Waals surface area (Å²) < 4.78 is 0. The van der Waals surface area contributed by atoms with Crippen LogP contribution in [0.25, 0.3) is 0 Å². The van der Waals surface area contributed by atoms with E-state index < -0.39 is 0 Å². The van der Waals surface area contributed by atoms with Gasteiger partial charge in [-0.1, -0.05) is 17.8 Å². The predicted molar refractivity (Wildman–Crippen MR) is 46.5 cm³/mol. The normalized spacial score (nSPS) is 16.7. The van der Waals surface area contributed by atoms with Gasteiger partial charge in [0.25, 0.3) is 0 Å². The van der Waals surface area contributed by atoms with Gasteiger partial charge >= 0.3 is 0 Å². The van der Waals surface area contributed by atoms with Crippen LogP contribution in [0.3, 0.4) is 0 Å². The largest absolute Gasteiger partial charge is 0.247 e. The van der Waals surface area contributed by atoms with E-state index in [1.807, 2.05) is 0 Å². The number of rotatable bonds is 2. The van der Waals surface area contributed by atoms with E-state index in [-0.39, 0.29) is 0 Å². The summed E-state index contributed by atoms with van der Waals surface area (Å²) in [5.41, 5.74) is 0. The Morgan fingerprint density at radius 3 is 3.08 bits per heavy atom. The summed E-state index contributed by atoms with van der Waals surface area (Å²) in [7, 11) is 0. The molecule has 0 amide bonds. The topological polar surface area (TPSA) is 42.3 Å². The first kappa shape index (κ1) is 7.65. The molecular formula is C8H8N2OS. The highest BCUT2D eigenvalue weighted by Gasteiger charge is 2.22. The molecule has 1 fully saturated rings. The maximum atomic E-state index is 9.92. The Kier molecular flexibility index (Phi) is 2.02. The van der Waals surface area contributed by atoms with E-state index in [4.69, 9.17) is 0 Å². The molecule has 0 radical (unpaired) electrons. The van der Waals surface area contributed by atoms with E-state index in [0.29, 0.717) is 10.9 Å². The third-order valence-electron chi connectivity index (χ3n) is 2.12. The molecule has 1 heterocycles. The van der Waals surface area contributed by atoms with E-state index in [0.717, 1.165) is 5.01 Å². The maximum Gasteiger partial charge on any atom is 0.241 e. The Morgan fingerprint density at radius 2 is 2.50 bits per heavy atom. The smallest absolute Gasteiger partial charge is 0.241 e. The third kappa shape index (κ3) is 1.31. The highest BCUT2D eigenvalue weighted by Crippen LogP contribution is 2.39. The molecule has 0 atom stereocenters. The highest BCUT2D eigenvalue weighted by atomic mass is 32.1. The first-order valence-electron chi connectivity index (χ1n) is 3.94. The van der Waals surface area contributed by atoms with Gasteiger partial charge in [-0.2, -0.15) is 4.99 Å². The average molecular weight is 180 g/mol. The number of aliphatic imine (C=N–C) groups is 1. The standard InChI is InChI=1S/C8H8N2OS/c11-5-10-7-4-9-8(12-7)6-2-1-3-6/h4,6H,1-3H2. The lowest BCUT2D eigenvalue weighted by Crippen LogP contribution is -2.07. The van der Waals surface area contributed by atoms with Gasteiger partial charge < -0.3 is 0 Å². The summed E-state index contributed by atoms with van der Waals surface area (Å²) in [6, 6.07) is 0. The van der Waals surface area contributed by atoms with Gasteiger partial charge in [-0.15, -0.1) is 0 Å². The van der Waals surface area contributed by atoms with Gasteiger partial charge in [0.1, 0.15) is 5.00 Å². The molecule has 0 N–H and O–H groups in total. The van der Waals surface area contributed by atoms with Crippen LogP contribution in [0.1, 0.15) is 30.2 Å². The Morgan fingerprint density at radius 1 is 1.67 bits per heavy atom. The Labute approximate surface area is 74.2 Å². The lowest BCUT2D eigenvalue weighted by Gasteiger charge is -2.22. The van der Waals surface area contributed by atoms with Gasteiger partial charge in [-0.25, -0.2) is 9.78 Å². The molecule has 1 aliphatic carbocycles. The molecule has 3 nitrogen and oxygen atoms in total. The van der Waals surface area contributed by atoms with Gasteiger partial charge in [0.15, 0.2) is 0 Å². The number of nitrogens with zero attached hydrogens (tertiary/aromatic N) is 2. The van der Waals surface area contributed by atoms with Crippen molar-refractivity contribution in [1.29, 1.82) is 0 Å². The van der Waals surface area contributed by atoms with Gasteiger partial charge in [0, 0.05) is 5.92 Å². The van der Waals surface area contributed by atoms with Crippen LogP contribution in [0, 0.1) is 0 Å². The van der Waals surface area contributed by atoms with Gasteiger partial charge in [0.05, 0.1) is 11.2 Å². The molecule has 2 rings (SSSR count). The average Bonchev–Trinajstić information content (AvgIpc) is 2.34. The zero-order valence-electron chi connectivity index (χ0n) is 6.49. The summed E-state index contributed by atoms with van der Waals surface area (Å²) in [5, 5.41) is 1.79. The minimum Gasteiger partial charge on any atom is -0.247 e. The van der Waals surface area contributed by atoms with Crippen LogP contribution in [0.15, 0.2) is 11.2 Å². The van der Waals surface area contributed by atoms with Crippen molar-refractivity contribution < 1.29 is 4.79 Å². The predicted octanol–water partition coefficient (Wildman–Crippen LogP) is 2.38. The quantitative estimate of drug-likeness (QED) is 0.518. The SMILES string of the molecule is O=C=Nc1cnc(C2CCC2)s1. The lowest BCUT2D eigenvalue weighted by molar-refractivity contribution is 0.418. The monoisotopic (exact) mass is 180 g/mol. The Bertz CT molecular complexity index is 324. The van der Waals surface area contributed by atoms with E-state index in [1.165, 1.54) is 36.7 Å². The van der Waals surface area contributed by atoms with Crippen molar-refractivity contribution in [3.05, 3.63) is 11.2 Å². The van der Waals surface area contributed by atoms with Crippen molar-refractivity contribution in [3.63, 3.8) is 0 Å². The first-order chi connectivity index (χ1) is 5.90. The Balaban J connectivity index is 2.17. The van der Waals surface area contributed by atoms with E-state index in [2.05, 4.69) is 9.98 Å². The van der Waals surface area contributed by atoms with Crippen molar-refractivity contribution in [1.82, 2.24) is 4.98 Å². The second-order valence-electron chi connectivity index (χ2n) is 2.87. The number of isocyanates is 1. The summed E-state index contributed by atoms with van der Waals surface area (Å²) in [6.45, 7) is 0. The summed E-state index contributed by atoms with van der Waals surface area (Å²) in [4.78, 5) is 17.6. The molecule has 62 valence electrons. The molecule has 1 saturated carbocycles. The minimum atomic E-state index is 0.630. The van der Waals surface area contributed by atoms with Crippen LogP contribution in [0.4, 0.5) is 5.00 Å². The zero-order valence-corrected chi connectivity index (χ0v) is 7.30. The lowest BCUT2D eigenvalue weighted by atomic mass is 9.86. The fraction of sp³-hybridized carbons (Fsp3) is 0.500. The number of carbonyl (C=O) groups excluding carboxylic acids is 1. The Hall–Kier alpha value is -0.990. The number of hydrogen-bond acceptors (Lipinski definition) is 4. The molecule has 0 spiro atoms. The maximum absolute atomic E-state index is 9.92. The van der Waals surface area contributed by atoms with E-state index >= 15 is 0 Å². The van der Waals surface area contributed by atoms with Crippen molar-refractivity contribution >= 4 is 22.4 Å². The fourth-order valence-corrected chi connectivity index (χ4v) is 2.13. The first-order valence-corrected chi connectivity index (χ1v) is 4.75. The van der Waals surface area contributed by atoms with Gasteiger partial charge in [0.2, 0.25) is 6.08 Å². The minimum absolute atomic E-state index is 0.630. The van der Waals surface area contributed by atoms with E-state index in [9.17, 15) is 4.79 Å². The summed E-state index contributed by atoms with van der Waals surface area (Å²) in [6.07, 6.45) is 6.93. The molecular weight excluding hydrogens is 172 g/mol. The van der Waals surface area contributed by atoms with Crippen molar-refractivity contribution in [2.24, 2.45) is 4.99 Å². The molecule has 0 bridgehead atoms. The molecule has 1 aromatic rings. The fourth-order valence-electron chi connectivity index (χ4n) is 1.22. The number of hydrogen-bond donors (Lipinski definition) is 0. The summed E-state index contributed by atoms with van der Waals surface area (Å²) in [5.74, 6) is 0.630. The molecule has 0 aliphatic heterocycles. The van der Waals surface area contributed by atoms with Crippen molar-refractivity contribution in [3.8, 4) is 0 Å². The van der Waals surface area contributed by atoms with Gasteiger partial charge in [-0.3, -0.25) is 0 Å². The molecule has 4 heteroatoms. The second-order valence-corrected chi connectivity index (χ2v) is 3.91. The molecule has 0 aromatic carbocycles. The molecule has 12 heavy (non-hydrogen) atoms. The van der Waals surface area contributed by atoms with Crippen LogP contribution < -0.4 is 0 Å². The highest BCUT2D eigenvalue weighted by molar-refractivity contribution is 7.15. The van der Waals surface area contributed by atoms with Gasteiger partial charge in [-0.05, 0) is 12.8 Å². The van der Waals surface area contributed by atoms with Crippen LogP contribution in [0.2, 0.25) is 0 Å². The van der Waals surface area contributed by atoms with Crippen LogP contribution in [-0.2, 0) is 4.79 Å². The second kappa shape index (κ2) is 3.17. The molecule has 1 aromatic heterocycles. The van der Waals surface area contributed by atoms with Crippen molar-refractivity contribution in [2.45, 2.75) is 25.2 Å². The number of aromatic nitrogens is 1. The number of thiazole rings is 1. The summed E-state index contributed by atoms with van der Waals surface area (Å²) >= 11 is 1.50.